The van der Waals surface area contributed by atoms with Crippen molar-refractivity contribution in [3.8, 4) is 5.75 Å². The van der Waals surface area contributed by atoms with Crippen LogP contribution >= 0.6 is 0 Å². The van der Waals surface area contributed by atoms with Gasteiger partial charge in [0.1, 0.15) is 0 Å². The first-order valence-corrected chi connectivity index (χ1v) is 7.37. The number of methoxy groups -OCH3 is 1. The molecule has 0 saturated heterocycles. The molecular weight excluding hydrogens is 262 g/mol. The number of likely N-dealkylation sites (N-methyl/N-ethyl adjacent to an activating group) is 1. The fourth-order valence-corrected chi connectivity index (χ4v) is 2.85. The highest BCUT2D eigenvalue weighted by Crippen LogP contribution is 2.39. The quantitative estimate of drug-likeness (QED) is 0.887. The minimum absolute atomic E-state index is 0.0850. The van der Waals surface area contributed by atoms with Gasteiger partial charge in [-0.15, -0.1) is 0 Å². The van der Waals surface area contributed by atoms with Crippen LogP contribution < -0.4 is 10.1 Å². The Balaban J connectivity index is 2.50. The van der Waals surface area contributed by atoms with Gasteiger partial charge in [-0.25, -0.2) is 0 Å². The first-order chi connectivity index (χ1) is 10.0. The molecule has 2 aromatic rings. The molecule has 0 spiro atoms. The van der Waals surface area contributed by atoms with E-state index in [1.165, 1.54) is 5.56 Å². The number of hydrogen-bond acceptors (Lipinski definition) is 3. The van der Waals surface area contributed by atoms with Crippen LogP contribution in [0.1, 0.15) is 38.1 Å². The molecule has 4 heteroatoms. The van der Waals surface area contributed by atoms with Gasteiger partial charge in [0.25, 0.3) is 0 Å². The maximum absolute atomic E-state index is 5.50. The molecule has 1 N–H and O–H groups in total. The van der Waals surface area contributed by atoms with Gasteiger partial charge in [0.2, 0.25) is 0 Å². The monoisotopic (exact) mass is 287 g/mol. The SMILES string of the molecule is CCNC(c1c(OC)cnn1C)C(C)(C)c1ccccc1. The van der Waals surface area contributed by atoms with Gasteiger partial charge in [-0.2, -0.15) is 5.10 Å². The van der Waals surface area contributed by atoms with E-state index in [0.717, 1.165) is 18.0 Å². The summed E-state index contributed by atoms with van der Waals surface area (Å²) in [5.41, 5.74) is 2.28. The van der Waals surface area contributed by atoms with Crippen molar-refractivity contribution in [3.05, 3.63) is 47.8 Å². The molecule has 114 valence electrons. The number of ether oxygens (including phenoxy) is 1. The Morgan fingerprint density at radius 2 is 1.95 bits per heavy atom. The standard InChI is InChI=1S/C17H25N3O/c1-6-18-16(15-14(21-5)12-19-20(15)4)17(2,3)13-10-8-7-9-11-13/h7-12,16,18H,6H2,1-5H3. The van der Waals surface area contributed by atoms with Crippen molar-refractivity contribution in [2.24, 2.45) is 7.05 Å². The van der Waals surface area contributed by atoms with Gasteiger partial charge >= 0.3 is 0 Å². The second-order valence-electron chi connectivity index (χ2n) is 5.80. The van der Waals surface area contributed by atoms with Gasteiger partial charge in [0.05, 0.1) is 25.0 Å². The smallest absolute Gasteiger partial charge is 0.161 e. The Kier molecular flexibility index (Phi) is 4.68. The van der Waals surface area contributed by atoms with E-state index in [9.17, 15) is 0 Å². The average molecular weight is 287 g/mol. The summed E-state index contributed by atoms with van der Waals surface area (Å²) < 4.78 is 7.40. The van der Waals surface area contributed by atoms with Crippen molar-refractivity contribution < 1.29 is 4.74 Å². The lowest BCUT2D eigenvalue weighted by Crippen LogP contribution is -2.38. The van der Waals surface area contributed by atoms with Gasteiger partial charge in [-0.3, -0.25) is 4.68 Å². The largest absolute Gasteiger partial charge is 0.493 e. The van der Waals surface area contributed by atoms with Gasteiger partial charge in [0.15, 0.2) is 5.75 Å². The highest BCUT2D eigenvalue weighted by molar-refractivity contribution is 5.35. The first kappa shape index (κ1) is 15.6. The fraction of sp³-hybridized carbons (Fsp3) is 0.471. The Hall–Kier alpha value is -1.81. The third-order valence-corrected chi connectivity index (χ3v) is 4.09. The van der Waals surface area contributed by atoms with Crippen molar-refractivity contribution in [3.63, 3.8) is 0 Å². The van der Waals surface area contributed by atoms with Crippen molar-refractivity contribution >= 4 is 0 Å². The van der Waals surface area contributed by atoms with Crippen LogP contribution in [-0.4, -0.2) is 23.4 Å². The lowest BCUT2D eigenvalue weighted by Gasteiger charge is -2.36. The topological polar surface area (TPSA) is 39.1 Å². The first-order valence-electron chi connectivity index (χ1n) is 7.37. The minimum Gasteiger partial charge on any atom is -0.493 e. The van der Waals surface area contributed by atoms with E-state index in [2.05, 4.69) is 55.5 Å². The molecule has 0 saturated carbocycles. The zero-order valence-corrected chi connectivity index (χ0v) is 13.6. The number of benzene rings is 1. The lowest BCUT2D eigenvalue weighted by molar-refractivity contribution is 0.320. The van der Waals surface area contributed by atoms with Gasteiger partial charge in [-0.1, -0.05) is 51.1 Å². The van der Waals surface area contributed by atoms with Crippen molar-refractivity contribution in [1.82, 2.24) is 15.1 Å². The van der Waals surface area contributed by atoms with Gasteiger partial charge in [-0.05, 0) is 12.1 Å². The van der Waals surface area contributed by atoms with Crippen molar-refractivity contribution in [2.45, 2.75) is 32.2 Å². The maximum atomic E-state index is 5.50. The fourth-order valence-electron chi connectivity index (χ4n) is 2.85. The lowest BCUT2D eigenvalue weighted by atomic mass is 9.76. The molecule has 0 bridgehead atoms. The number of rotatable bonds is 6. The maximum Gasteiger partial charge on any atom is 0.161 e. The molecule has 1 unspecified atom stereocenters. The number of nitrogens with one attached hydrogen (secondary N) is 1. The molecule has 0 aliphatic heterocycles. The zero-order valence-electron chi connectivity index (χ0n) is 13.6. The van der Waals surface area contributed by atoms with E-state index in [1.807, 2.05) is 17.8 Å². The second-order valence-corrected chi connectivity index (χ2v) is 5.80. The van der Waals surface area contributed by atoms with E-state index < -0.39 is 0 Å². The van der Waals surface area contributed by atoms with Crippen LogP contribution in [0, 0.1) is 0 Å². The molecule has 1 aromatic heterocycles. The summed E-state index contributed by atoms with van der Waals surface area (Å²) in [4.78, 5) is 0. The van der Waals surface area contributed by atoms with E-state index in [0.29, 0.717) is 0 Å². The Labute approximate surface area is 127 Å². The highest BCUT2D eigenvalue weighted by atomic mass is 16.5. The Morgan fingerprint density at radius 3 is 2.52 bits per heavy atom. The van der Waals surface area contributed by atoms with E-state index in [-0.39, 0.29) is 11.5 Å². The number of hydrogen-bond donors (Lipinski definition) is 1. The molecule has 21 heavy (non-hydrogen) atoms. The highest BCUT2D eigenvalue weighted by Gasteiger charge is 2.35. The molecule has 0 aliphatic carbocycles. The molecule has 0 aliphatic rings. The van der Waals surface area contributed by atoms with Crippen LogP contribution in [0.3, 0.4) is 0 Å². The normalized spacial score (nSPS) is 13.2. The summed E-state index contributed by atoms with van der Waals surface area (Å²) in [5.74, 6) is 0.826. The molecule has 1 heterocycles. The molecule has 2 rings (SSSR count). The number of aromatic nitrogens is 2. The van der Waals surface area contributed by atoms with Crippen LogP contribution in [0.4, 0.5) is 0 Å². The molecule has 1 atom stereocenters. The summed E-state index contributed by atoms with van der Waals surface area (Å²) >= 11 is 0. The van der Waals surface area contributed by atoms with Crippen LogP contribution in [0.15, 0.2) is 36.5 Å². The van der Waals surface area contributed by atoms with E-state index in [1.54, 1.807) is 13.3 Å². The van der Waals surface area contributed by atoms with E-state index in [4.69, 9.17) is 4.74 Å². The van der Waals surface area contributed by atoms with Crippen molar-refractivity contribution in [1.29, 1.82) is 0 Å². The Bertz CT molecular complexity index is 575. The summed E-state index contributed by atoms with van der Waals surface area (Å²) in [7, 11) is 3.66. The van der Waals surface area contributed by atoms with Crippen LogP contribution in [0.2, 0.25) is 0 Å². The number of nitrogens with zero attached hydrogens (tertiary/aromatic N) is 2. The molecular formula is C17H25N3O. The summed E-state index contributed by atoms with van der Waals surface area (Å²) in [5, 5.41) is 7.95. The van der Waals surface area contributed by atoms with Crippen LogP contribution in [-0.2, 0) is 12.5 Å². The summed E-state index contributed by atoms with van der Waals surface area (Å²) in [6, 6.07) is 10.7. The van der Waals surface area contributed by atoms with Gasteiger partial charge in [0, 0.05) is 12.5 Å². The second kappa shape index (κ2) is 6.31. The summed E-state index contributed by atoms with van der Waals surface area (Å²) in [6.07, 6.45) is 1.78. The van der Waals surface area contributed by atoms with Gasteiger partial charge < -0.3 is 10.1 Å². The Morgan fingerprint density at radius 1 is 1.29 bits per heavy atom. The molecule has 0 amide bonds. The minimum atomic E-state index is -0.0850. The molecule has 1 aromatic carbocycles. The van der Waals surface area contributed by atoms with Crippen LogP contribution in [0.25, 0.3) is 0 Å². The molecule has 4 nitrogen and oxygen atoms in total. The zero-order chi connectivity index (χ0) is 15.5. The number of aryl methyl sites for hydroxylation is 1. The molecule has 0 radical (unpaired) electrons. The summed E-state index contributed by atoms with van der Waals surface area (Å²) in [6.45, 7) is 7.51. The average Bonchev–Trinajstić information content (AvgIpc) is 2.86. The third-order valence-electron chi connectivity index (χ3n) is 4.09. The molecule has 0 fully saturated rings. The predicted molar refractivity (Wildman–Crippen MR) is 85.6 cm³/mol. The van der Waals surface area contributed by atoms with E-state index >= 15 is 0 Å². The van der Waals surface area contributed by atoms with Crippen LogP contribution in [0.5, 0.6) is 5.75 Å². The predicted octanol–water partition coefficient (Wildman–Crippen LogP) is 3.06. The third kappa shape index (κ3) is 2.95. The van der Waals surface area contributed by atoms with Crippen molar-refractivity contribution in [2.75, 3.05) is 13.7 Å².